The highest BCUT2D eigenvalue weighted by molar-refractivity contribution is 5.93. The van der Waals surface area contributed by atoms with Gasteiger partial charge in [0.15, 0.2) is 0 Å². The van der Waals surface area contributed by atoms with Gasteiger partial charge in [0.05, 0.1) is 5.52 Å². The van der Waals surface area contributed by atoms with Crippen LogP contribution in [0.4, 0.5) is 0 Å². The van der Waals surface area contributed by atoms with Crippen LogP contribution in [0.3, 0.4) is 0 Å². The molecule has 2 aromatic rings. The summed E-state index contributed by atoms with van der Waals surface area (Å²) in [6.07, 6.45) is 2.92. The van der Waals surface area contributed by atoms with E-state index in [0.717, 1.165) is 22.9 Å². The van der Waals surface area contributed by atoms with Crippen molar-refractivity contribution in [1.82, 2.24) is 4.57 Å². The van der Waals surface area contributed by atoms with E-state index in [1.807, 2.05) is 30.5 Å². The van der Waals surface area contributed by atoms with Crippen LogP contribution in [0.1, 0.15) is 43.6 Å². The Bertz CT molecular complexity index is 571. The van der Waals surface area contributed by atoms with Crippen molar-refractivity contribution in [3.63, 3.8) is 0 Å². The van der Waals surface area contributed by atoms with Crippen molar-refractivity contribution in [3.8, 4) is 0 Å². The summed E-state index contributed by atoms with van der Waals surface area (Å²) in [6.45, 7) is 5.85. The fourth-order valence-electron chi connectivity index (χ4n) is 2.29. The minimum atomic E-state index is -0.0273. The van der Waals surface area contributed by atoms with Crippen LogP contribution >= 0.6 is 0 Å². The average Bonchev–Trinajstić information content (AvgIpc) is 2.76. The summed E-state index contributed by atoms with van der Waals surface area (Å²) in [6, 6.07) is 7.90. The summed E-state index contributed by atoms with van der Waals surface area (Å²) >= 11 is 0. The zero-order valence-electron chi connectivity index (χ0n) is 11.2. The molecule has 1 aromatic heterocycles. The Morgan fingerprint density at radius 2 is 2.06 bits per heavy atom. The second-order valence-corrected chi connectivity index (χ2v) is 4.90. The lowest BCUT2D eigenvalue weighted by Crippen LogP contribution is -2.18. The summed E-state index contributed by atoms with van der Waals surface area (Å²) < 4.78 is 1.69. The first-order chi connectivity index (χ1) is 8.56. The van der Waals surface area contributed by atoms with E-state index in [2.05, 4.69) is 13.8 Å². The molecule has 2 atom stereocenters. The molecule has 2 rings (SSSR count). The van der Waals surface area contributed by atoms with Crippen molar-refractivity contribution in [2.45, 2.75) is 33.2 Å². The van der Waals surface area contributed by atoms with Crippen molar-refractivity contribution >= 4 is 16.8 Å². The first-order valence-electron chi connectivity index (χ1n) is 6.42. The Kier molecular flexibility index (Phi) is 3.53. The molecular weight excluding hydrogens is 224 g/mol. The average molecular weight is 244 g/mol. The maximum atomic E-state index is 11.7. The molecule has 96 valence electrons. The van der Waals surface area contributed by atoms with Gasteiger partial charge in [-0.25, -0.2) is 0 Å². The van der Waals surface area contributed by atoms with Crippen molar-refractivity contribution in [1.29, 1.82) is 0 Å². The van der Waals surface area contributed by atoms with E-state index >= 15 is 0 Å². The predicted octanol–water partition coefficient (Wildman–Crippen LogP) is 3.35. The number of carbonyl (C=O) groups excluding carboxylic acids is 1. The molecule has 0 aliphatic rings. The lowest BCUT2D eigenvalue weighted by molar-refractivity contribution is 0.0941. The molecule has 0 aliphatic carbocycles. The molecule has 0 amide bonds. The second kappa shape index (κ2) is 4.94. The summed E-state index contributed by atoms with van der Waals surface area (Å²) in [7, 11) is 0. The fraction of sp³-hybridized carbons (Fsp3) is 0.400. The molecule has 1 unspecified atom stereocenters. The van der Waals surface area contributed by atoms with E-state index in [9.17, 15) is 4.79 Å². The highest BCUT2D eigenvalue weighted by Gasteiger charge is 2.19. The van der Waals surface area contributed by atoms with Gasteiger partial charge in [0.25, 0.3) is 0 Å². The van der Waals surface area contributed by atoms with Gasteiger partial charge in [0.1, 0.15) is 0 Å². The molecule has 0 spiro atoms. The van der Waals surface area contributed by atoms with Gasteiger partial charge in [-0.1, -0.05) is 38.5 Å². The lowest BCUT2D eigenvalue weighted by Gasteiger charge is -2.17. The minimum absolute atomic E-state index is 0.0220. The number of benzene rings is 1. The number of nitrogens with two attached hydrogens (primary N) is 1. The molecule has 1 heterocycles. The highest BCUT2D eigenvalue weighted by atomic mass is 16.1. The van der Waals surface area contributed by atoms with Crippen molar-refractivity contribution in [3.05, 3.63) is 36.0 Å². The summed E-state index contributed by atoms with van der Waals surface area (Å²) in [5.41, 5.74) is 8.31. The molecule has 0 saturated carbocycles. The van der Waals surface area contributed by atoms with E-state index in [-0.39, 0.29) is 11.9 Å². The molecular formula is C15H20N2O. The van der Waals surface area contributed by atoms with Gasteiger partial charge in [-0.05, 0) is 17.5 Å². The predicted molar refractivity (Wildman–Crippen MR) is 74.6 cm³/mol. The zero-order valence-corrected chi connectivity index (χ0v) is 11.2. The molecule has 3 nitrogen and oxygen atoms in total. The third-order valence-corrected chi connectivity index (χ3v) is 3.70. The van der Waals surface area contributed by atoms with Crippen LogP contribution in [0.25, 0.3) is 10.9 Å². The first-order valence-corrected chi connectivity index (χ1v) is 6.42. The normalized spacial score (nSPS) is 14.7. The van der Waals surface area contributed by atoms with Gasteiger partial charge < -0.3 is 5.73 Å². The second-order valence-electron chi connectivity index (χ2n) is 4.90. The molecule has 0 saturated heterocycles. The number of hydrogen-bond acceptors (Lipinski definition) is 2. The Hall–Kier alpha value is -1.61. The van der Waals surface area contributed by atoms with Crippen LogP contribution in [0.5, 0.6) is 0 Å². The number of fused-ring (bicyclic) bond motifs is 1. The Labute approximate surface area is 108 Å². The van der Waals surface area contributed by atoms with E-state index in [1.165, 1.54) is 0 Å². The molecule has 18 heavy (non-hydrogen) atoms. The molecule has 3 heteroatoms. The number of rotatable bonds is 3. The molecule has 0 aliphatic heterocycles. The van der Waals surface area contributed by atoms with E-state index in [1.54, 1.807) is 11.5 Å². The van der Waals surface area contributed by atoms with Crippen LogP contribution in [0.2, 0.25) is 0 Å². The van der Waals surface area contributed by atoms with Crippen LogP contribution in [0.15, 0.2) is 30.5 Å². The number of hydrogen-bond donors (Lipinski definition) is 1. The molecule has 0 fully saturated rings. The molecule has 0 radical (unpaired) electrons. The molecule has 1 aromatic carbocycles. The van der Waals surface area contributed by atoms with Gasteiger partial charge in [-0.3, -0.25) is 9.36 Å². The third-order valence-electron chi connectivity index (χ3n) is 3.70. The Balaban J connectivity index is 2.61. The summed E-state index contributed by atoms with van der Waals surface area (Å²) in [4.78, 5) is 11.7. The molecule has 2 N–H and O–H groups in total. The smallest absolute Gasteiger partial charge is 0.227 e. The van der Waals surface area contributed by atoms with Gasteiger partial charge >= 0.3 is 0 Å². The van der Waals surface area contributed by atoms with E-state index in [4.69, 9.17) is 5.73 Å². The maximum absolute atomic E-state index is 11.7. The topological polar surface area (TPSA) is 48.0 Å². The Morgan fingerprint density at radius 1 is 1.39 bits per heavy atom. The van der Waals surface area contributed by atoms with Crippen molar-refractivity contribution in [2.24, 2.45) is 11.7 Å². The highest BCUT2D eigenvalue weighted by Crippen LogP contribution is 2.30. The SMILES string of the molecule is CCC(C)[C@H](N)c1cn(C(C)=O)c2ccccc12. The van der Waals surface area contributed by atoms with Gasteiger partial charge in [-0.15, -0.1) is 0 Å². The monoisotopic (exact) mass is 244 g/mol. The molecule has 0 bridgehead atoms. The quantitative estimate of drug-likeness (QED) is 0.900. The van der Waals surface area contributed by atoms with Crippen LogP contribution < -0.4 is 5.73 Å². The summed E-state index contributed by atoms with van der Waals surface area (Å²) in [5.74, 6) is 0.421. The first kappa shape index (κ1) is 12.8. The van der Waals surface area contributed by atoms with Gasteiger partial charge in [0.2, 0.25) is 5.91 Å². The maximum Gasteiger partial charge on any atom is 0.227 e. The Morgan fingerprint density at radius 3 is 2.67 bits per heavy atom. The number of carbonyl (C=O) groups is 1. The fourth-order valence-corrected chi connectivity index (χ4v) is 2.29. The van der Waals surface area contributed by atoms with Gasteiger partial charge in [-0.2, -0.15) is 0 Å². The summed E-state index contributed by atoms with van der Waals surface area (Å²) in [5, 5.41) is 1.08. The van der Waals surface area contributed by atoms with E-state index < -0.39 is 0 Å². The van der Waals surface area contributed by atoms with Crippen molar-refractivity contribution in [2.75, 3.05) is 0 Å². The standard InChI is InChI=1S/C15H20N2O/c1-4-10(2)15(16)13-9-17(11(3)18)14-8-6-5-7-12(13)14/h5-10,15H,4,16H2,1-3H3/t10?,15-/m0/s1. The minimum Gasteiger partial charge on any atom is -0.324 e. The van der Waals surface area contributed by atoms with Crippen LogP contribution in [-0.4, -0.2) is 10.5 Å². The van der Waals surface area contributed by atoms with E-state index in [0.29, 0.717) is 5.92 Å². The zero-order chi connectivity index (χ0) is 13.3. The third kappa shape index (κ3) is 2.06. The lowest BCUT2D eigenvalue weighted by atomic mass is 9.93. The van der Waals surface area contributed by atoms with Gasteiger partial charge in [0, 0.05) is 24.5 Å². The van der Waals surface area contributed by atoms with Crippen LogP contribution in [-0.2, 0) is 0 Å². The number of nitrogens with zero attached hydrogens (tertiary/aromatic N) is 1. The number of para-hydroxylation sites is 1. The van der Waals surface area contributed by atoms with Crippen LogP contribution in [0, 0.1) is 5.92 Å². The number of aromatic nitrogens is 1. The van der Waals surface area contributed by atoms with Crippen molar-refractivity contribution < 1.29 is 4.79 Å². The largest absolute Gasteiger partial charge is 0.324 e.